The van der Waals surface area contributed by atoms with Crippen LogP contribution in [0.25, 0.3) is 0 Å². The Balaban J connectivity index is 4.56. The third-order valence-corrected chi connectivity index (χ3v) is 2.69. The third-order valence-electron chi connectivity index (χ3n) is 1.79. The summed E-state index contributed by atoms with van der Waals surface area (Å²) in [4.78, 5) is 4.31. The molecule has 0 aromatic carbocycles. The predicted octanol–water partition coefficient (Wildman–Crippen LogP) is 4.13. The first-order valence-electron chi connectivity index (χ1n) is 5.34. The molecule has 15 heavy (non-hydrogen) atoms. The van der Waals surface area contributed by atoms with Gasteiger partial charge in [0.25, 0.3) is 0 Å². The van der Waals surface area contributed by atoms with Crippen molar-refractivity contribution in [2.24, 2.45) is 4.99 Å². The minimum atomic E-state index is -1.51. The van der Waals surface area contributed by atoms with Crippen LogP contribution in [-0.2, 0) is 4.43 Å². The first-order chi connectivity index (χ1) is 6.76. The molecule has 3 heteroatoms. The Kier molecular flexibility index (Phi) is 5.58. The van der Waals surface area contributed by atoms with Gasteiger partial charge in [-0.25, -0.2) is 4.99 Å². The van der Waals surface area contributed by atoms with Gasteiger partial charge in [-0.05, 0) is 38.6 Å². The van der Waals surface area contributed by atoms with Crippen molar-refractivity contribution in [1.29, 1.82) is 0 Å². The lowest BCUT2D eigenvalue weighted by Crippen LogP contribution is -2.27. The molecule has 0 spiro atoms. The van der Waals surface area contributed by atoms with E-state index in [1.807, 2.05) is 20.0 Å². The van der Waals surface area contributed by atoms with Gasteiger partial charge in [0, 0.05) is 13.1 Å². The second-order valence-electron chi connectivity index (χ2n) is 4.65. The zero-order valence-corrected chi connectivity index (χ0v) is 11.8. The number of hydrogen-bond acceptors (Lipinski definition) is 2. The Morgan fingerprint density at radius 1 is 1.33 bits per heavy atom. The average Bonchev–Trinajstić information content (AvgIpc) is 2.01. The van der Waals surface area contributed by atoms with Gasteiger partial charge in [0.15, 0.2) is 5.90 Å². The smallest absolute Gasteiger partial charge is 0.243 e. The number of allylic oxidation sites excluding steroid dienone is 2. The highest BCUT2D eigenvalue weighted by Gasteiger charge is 2.16. The molecule has 0 aliphatic heterocycles. The van der Waals surface area contributed by atoms with E-state index in [9.17, 15) is 0 Å². The maximum absolute atomic E-state index is 5.73. The van der Waals surface area contributed by atoms with Gasteiger partial charge >= 0.3 is 0 Å². The van der Waals surface area contributed by atoms with E-state index in [0.717, 1.165) is 17.9 Å². The van der Waals surface area contributed by atoms with E-state index in [1.165, 1.54) is 5.57 Å². The first kappa shape index (κ1) is 14.2. The zero-order valence-electron chi connectivity index (χ0n) is 10.8. The summed E-state index contributed by atoms with van der Waals surface area (Å²) in [5.74, 6) is 0.751. The van der Waals surface area contributed by atoms with Gasteiger partial charge in [-0.15, -0.1) is 0 Å². The van der Waals surface area contributed by atoms with Crippen LogP contribution >= 0.6 is 0 Å². The average molecular weight is 225 g/mol. The van der Waals surface area contributed by atoms with Crippen molar-refractivity contribution in [3.05, 3.63) is 23.9 Å². The number of hydrogen-bond donors (Lipinski definition) is 0. The molecule has 0 unspecified atom stereocenters. The highest BCUT2D eigenvalue weighted by Crippen LogP contribution is 2.11. The topological polar surface area (TPSA) is 21.6 Å². The van der Waals surface area contributed by atoms with Crippen molar-refractivity contribution < 1.29 is 4.43 Å². The molecule has 0 rings (SSSR count). The Hall–Kier alpha value is -0.833. The highest BCUT2D eigenvalue weighted by atomic mass is 28.4. The molecule has 0 saturated carbocycles. The standard InChI is InChI=1S/C12H23NOSi/c1-8-12(10(2)3)9-13-11(4)14-15(5,6)7/h9H,2,8H2,1,3-7H3. The summed E-state index contributed by atoms with van der Waals surface area (Å²) >= 11 is 0. The van der Waals surface area contributed by atoms with Crippen LogP contribution in [0.1, 0.15) is 27.2 Å². The minimum Gasteiger partial charge on any atom is -0.535 e. The summed E-state index contributed by atoms with van der Waals surface area (Å²) in [6, 6.07) is 0. The monoisotopic (exact) mass is 225 g/mol. The molecule has 86 valence electrons. The summed E-state index contributed by atoms with van der Waals surface area (Å²) < 4.78 is 5.73. The zero-order chi connectivity index (χ0) is 12.1. The molecular formula is C12H23NOSi. The Bertz CT molecular complexity index is 284. The molecule has 0 atom stereocenters. The van der Waals surface area contributed by atoms with E-state index in [4.69, 9.17) is 4.43 Å². The van der Waals surface area contributed by atoms with Gasteiger partial charge in [-0.3, -0.25) is 0 Å². The third kappa shape index (κ3) is 7.14. The molecule has 0 N–H and O–H groups in total. The fourth-order valence-electron chi connectivity index (χ4n) is 1.14. The molecule has 2 nitrogen and oxygen atoms in total. The van der Waals surface area contributed by atoms with Crippen molar-refractivity contribution in [2.75, 3.05) is 0 Å². The Morgan fingerprint density at radius 3 is 2.20 bits per heavy atom. The van der Waals surface area contributed by atoms with Crippen LogP contribution in [-0.4, -0.2) is 14.2 Å². The second kappa shape index (κ2) is 5.91. The van der Waals surface area contributed by atoms with Crippen molar-refractivity contribution in [3.8, 4) is 0 Å². The van der Waals surface area contributed by atoms with E-state index in [-0.39, 0.29) is 0 Å². The molecular weight excluding hydrogens is 202 g/mol. The molecule has 0 aliphatic rings. The fraction of sp³-hybridized carbons (Fsp3) is 0.583. The molecule has 0 aliphatic carbocycles. The molecule has 0 aromatic heterocycles. The second-order valence-corrected chi connectivity index (χ2v) is 9.08. The van der Waals surface area contributed by atoms with E-state index < -0.39 is 8.32 Å². The van der Waals surface area contributed by atoms with Crippen LogP contribution in [0.5, 0.6) is 0 Å². The minimum absolute atomic E-state index is 0.751. The lowest BCUT2D eigenvalue weighted by Gasteiger charge is -2.17. The maximum atomic E-state index is 5.73. The van der Waals surface area contributed by atoms with E-state index in [0.29, 0.717) is 0 Å². The Morgan fingerprint density at radius 2 is 1.87 bits per heavy atom. The number of nitrogens with zero attached hydrogens (tertiary/aromatic N) is 1. The van der Waals surface area contributed by atoms with Crippen molar-refractivity contribution in [1.82, 2.24) is 0 Å². The lowest BCUT2D eigenvalue weighted by atomic mass is 10.1. The summed E-state index contributed by atoms with van der Waals surface area (Å²) in [7, 11) is -1.51. The summed E-state index contributed by atoms with van der Waals surface area (Å²) in [5.41, 5.74) is 2.25. The number of rotatable bonds is 4. The van der Waals surface area contributed by atoms with E-state index in [2.05, 4.69) is 38.1 Å². The van der Waals surface area contributed by atoms with Crippen LogP contribution in [0.15, 0.2) is 28.9 Å². The van der Waals surface area contributed by atoms with Crippen LogP contribution in [0.2, 0.25) is 19.6 Å². The SMILES string of the molecule is C=C(C)C(=CN=C(C)O[Si](C)(C)C)CC. The fourth-order valence-corrected chi connectivity index (χ4v) is 2.08. The Labute approximate surface area is 94.9 Å². The van der Waals surface area contributed by atoms with Crippen LogP contribution in [0.3, 0.4) is 0 Å². The molecule has 0 bridgehead atoms. The molecule has 0 fully saturated rings. The van der Waals surface area contributed by atoms with E-state index >= 15 is 0 Å². The molecule has 0 heterocycles. The normalized spacial score (nSPS) is 14.0. The van der Waals surface area contributed by atoms with Crippen LogP contribution < -0.4 is 0 Å². The van der Waals surface area contributed by atoms with Gasteiger partial charge in [-0.2, -0.15) is 0 Å². The van der Waals surface area contributed by atoms with Crippen molar-refractivity contribution in [2.45, 2.75) is 46.8 Å². The molecule has 0 saturated heterocycles. The molecule has 0 amide bonds. The van der Waals surface area contributed by atoms with Gasteiger partial charge in [0.05, 0.1) is 0 Å². The van der Waals surface area contributed by atoms with E-state index in [1.54, 1.807) is 0 Å². The highest BCUT2D eigenvalue weighted by molar-refractivity contribution is 6.71. The quantitative estimate of drug-likeness (QED) is 0.305. The molecule has 0 aromatic rings. The van der Waals surface area contributed by atoms with Crippen molar-refractivity contribution in [3.63, 3.8) is 0 Å². The summed E-state index contributed by atoms with van der Waals surface area (Å²) in [5, 5.41) is 0. The van der Waals surface area contributed by atoms with Gasteiger partial charge in [0.1, 0.15) is 0 Å². The maximum Gasteiger partial charge on any atom is 0.243 e. The number of aliphatic imine (C=N–C) groups is 1. The molecule has 0 radical (unpaired) electrons. The largest absolute Gasteiger partial charge is 0.535 e. The van der Waals surface area contributed by atoms with Crippen LogP contribution in [0, 0.1) is 0 Å². The van der Waals surface area contributed by atoms with Crippen LogP contribution in [0.4, 0.5) is 0 Å². The first-order valence-corrected chi connectivity index (χ1v) is 8.75. The summed E-state index contributed by atoms with van der Waals surface area (Å²) in [6.07, 6.45) is 2.82. The van der Waals surface area contributed by atoms with Gasteiger partial charge < -0.3 is 4.43 Å². The van der Waals surface area contributed by atoms with Crippen molar-refractivity contribution >= 4 is 14.2 Å². The van der Waals surface area contributed by atoms with Gasteiger partial charge in [-0.1, -0.05) is 19.1 Å². The van der Waals surface area contributed by atoms with Gasteiger partial charge in [0.2, 0.25) is 8.32 Å². The predicted molar refractivity (Wildman–Crippen MR) is 70.7 cm³/mol. The summed E-state index contributed by atoms with van der Waals surface area (Å²) in [6.45, 7) is 16.4. The lowest BCUT2D eigenvalue weighted by molar-refractivity contribution is 0.547.